The number of halogens is 1. The van der Waals surface area contributed by atoms with Gasteiger partial charge in [0.2, 0.25) is 6.41 Å². The molecule has 2 heterocycles. The molecule has 0 N–H and O–H groups in total. The predicted octanol–water partition coefficient (Wildman–Crippen LogP) is 0.651. The molecule has 2 saturated heterocycles. The molecular formula is C10H17FN2O. The molecule has 0 bridgehead atoms. The minimum absolute atomic E-state index is 0.506. The van der Waals surface area contributed by atoms with E-state index in [9.17, 15) is 9.18 Å². The molecular weight excluding hydrogens is 183 g/mol. The quantitative estimate of drug-likeness (QED) is 0.611. The molecule has 0 aromatic heterocycles. The predicted molar refractivity (Wildman–Crippen MR) is 51.7 cm³/mol. The minimum Gasteiger partial charge on any atom is -0.345 e. The Morgan fingerprint density at radius 1 is 1.14 bits per heavy atom. The van der Waals surface area contributed by atoms with E-state index in [0.717, 1.165) is 38.9 Å². The van der Waals surface area contributed by atoms with E-state index in [1.165, 1.54) is 0 Å². The number of piperidine rings is 1. The first-order chi connectivity index (χ1) is 6.79. The fourth-order valence-corrected chi connectivity index (χ4v) is 2.43. The molecule has 2 rings (SSSR count). The zero-order valence-electron chi connectivity index (χ0n) is 8.36. The van der Waals surface area contributed by atoms with E-state index in [4.69, 9.17) is 0 Å². The third kappa shape index (κ3) is 2.05. The number of amides is 1. The van der Waals surface area contributed by atoms with Crippen LogP contribution in [0, 0.1) is 0 Å². The summed E-state index contributed by atoms with van der Waals surface area (Å²) in [4.78, 5) is 14.5. The van der Waals surface area contributed by atoms with Crippen LogP contribution >= 0.6 is 0 Å². The topological polar surface area (TPSA) is 23.6 Å². The van der Waals surface area contributed by atoms with Crippen molar-refractivity contribution in [2.75, 3.05) is 26.2 Å². The number of rotatable bonds is 2. The van der Waals surface area contributed by atoms with Gasteiger partial charge in [0, 0.05) is 32.2 Å². The summed E-state index contributed by atoms with van der Waals surface area (Å²) in [5.41, 5.74) is 0. The first kappa shape index (κ1) is 9.90. The Bertz CT molecular complexity index is 204. The van der Waals surface area contributed by atoms with Gasteiger partial charge in [-0.25, -0.2) is 4.39 Å². The van der Waals surface area contributed by atoms with Crippen molar-refractivity contribution in [1.82, 2.24) is 9.80 Å². The van der Waals surface area contributed by atoms with Crippen LogP contribution in [0.25, 0.3) is 0 Å². The largest absolute Gasteiger partial charge is 0.345 e. The lowest BCUT2D eigenvalue weighted by Gasteiger charge is -2.34. The third-order valence-corrected chi connectivity index (χ3v) is 3.33. The van der Waals surface area contributed by atoms with Crippen molar-refractivity contribution in [3.63, 3.8) is 0 Å². The highest BCUT2D eigenvalue weighted by molar-refractivity contribution is 5.47. The molecule has 0 aromatic carbocycles. The molecule has 0 unspecified atom stereocenters. The van der Waals surface area contributed by atoms with E-state index in [1.54, 1.807) is 4.90 Å². The molecule has 0 spiro atoms. The molecule has 4 heteroatoms. The van der Waals surface area contributed by atoms with Gasteiger partial charge in [0.05, 0.1) is 0 Å². The summed E-state index contributed by atoms with van der Waals surface area (Å²) in [6.07, 6.45) is 2.99. The zero-order valence-corrected chi connectivity index (χ0v) is 8.36. The van der Waals surface area contributed by atoms with E-state index in [0.29, 0.717) is 19.0 Å². The van der Waals surface area contributed by atoms with Gasteiger partial charge in [0.15, 0.2) is 0 Å². The number of hydrogen-bond acceptors (Lipinski definition) is 2. The van der Waals surface area contributed by atoms with Gasteiger partial charge in [-0.3, -0.25) is 9.69 Å². The van der Waals surface area contributed by atoms with E-state index in [2.05, 4.69) is 4.90 Å². The van der Waals surface area contributed by atoms with E-state index >= 15 is 0 Å². The summed E-state index contributed by atoms with van der Waals surface area (Å²) in [7, 11) is 0. The second-order valence-corrected chi connectivity index (χ2v) is 4.25. The molecule has 1 atom stereocenters. The first-order valence-electron chi connectivity index (χ1n) is 5.37. The maximum atomic E-state index is 13.0. The highest BCUT2D eigenvalue weighted by atomic mass is 19.1. The molecule has 0 saturated carbocycles. The maximum absolute atomic E-state index is 13.0. The van der Waals surface area contributed by atoms with Crippen molar-refractivity contribution in [3.8, 4) is 0 Å². The normalized spacial score (nSPS) is 30.9. The van der Waals surface area contributed by atoms with Crippen LogP contribution in [-0.4, -0.2) is 54.6 Å². The summed E-state index contributed by atoms with van der Waals surface area (Å²) in [6.45, 7) is 3.17. The Morgan fingerprint density at radius 2 is 1.86 bits per heavy atom. The Morgan fingerprint density at radius 3 is 2.36 bits per heavy atom. The lowest BCUT2D eigenvalue weighted by Crippen LogP contribution is -2.43. The SMILES string of the molecule is O=CN1CCC(N2CC[C@H](F)C2)CC1. The Kier molecular flexibility index (Phi) is 3.01. The van der Waals surface area contributed by atoms with Crippen molar-refractivity contribution in [2.45, 2.75) is 31.5 Å². The van der Waals surface area contributed by atoms with E-state index < -0.39 is 6.17 Å². The molecule has 2 aliphatic rings. The monoisotopic (exact) mass is 200 g/mol. The highest BCUT2D eigenvalue weighted by Gasteiger charge is 2.30. The fourth-order valence-electron chi connectivity index (χ4n) is 2.43. The molecule has 3 nitrogen and oxygen atoms in total. The van der Waals surface area contributed by atoms with E-state index in [1.807, 2.05) is 0 Å². The lowest BCUT2D eigenvalue weighted by atomic mass is 10.0. The van der Waals surface area contributed by atoms with Gasteiger partial charge in [0.25, 0.3) is 0 Å². The standard InChI is InChI=1S/C10H17FN2O/c11-9-1-6-13(7-9)10-2-4-12(8-14)5-3-10/h8-10H,1-7H2/t9-/m0/s1. The van der Waals surface area contributed by atoms with E-state index in [-0.39, 0.29) is 0 Å². The Hall–Kier alpha value is -0.640. The number of carbonyl (C=O) groups is 1. The van der Waals surface area contributed by atoms with Crippen LogP contribution in [0.5, 0.6) is 0 Å². The number of carbonyl (C=O) groups excluding carboxylic acids is 1. The van der Waals surface area contributed by atoms with Gasteiger partial charge < -0.3 is 4.90 Å². The highest BCUT2D eigenvalue weighted by Crippen LogP contribution is 2.21. The van der Waals surface area contributed by atoms with Crippen molar-refractivity contribution < 1.29 is 9.18 Å². The minimum atomic E-state index is -0.626. The molecule has 0 aliphatic carbocycles. The van der Waals surface area contributed by atoms with Gasteiger partial charge >= 0.3 is 0 Å². The second-order valence-electron chi connectivity index (χ2n) is 4.25. The van der Waals surface area contributed by atoms with Crippen LogP contribution in [0.4, 0.5) is 4.39 Å². The van der Waals surface area contributed by atoms with Crippen molar-refractivity contribution in [1.29, 1.82) is 0 Å². The first-order valence-corrected chi connectivity index (χ1v) is 5.37. The number of likely N-dealkylation sites (tertiary alicyclic amines) is 2. The van der Waals surface area contributed by atoms with Crippen LogP contribution < -0.4 is 0 Å². The number of nitrogens with zero attached hydrogens (tertiary/aromatic N) is 2. The van der Waals surface area contributed by atoms with Crippen molar-refractivity contribution >= 4 is 6.41 Å². The zero-order chi connectivity index (χ0) is 9.97. The molecule has 2 fully saturated rings. The lowest BCUT2D eigenvalue weighted by molar-refractivity contribution is -0.119. The molecule has 80 valence electrons. The second kappa shape index (κ2) is 4.26. The number of alkyl halides is 1. The van der Waals surface area contributed by atoms with Crippen LogP contribution in [0.15, 0.2) is 0 Å². The van der Waals surface area contributed by atoms with Gasteiger partial charge in [-0.2, -0.15) is 0 Å². The Labute approximate surface area is 83.9 Å². The average molecular weight is 200 g/mol. The summed E-state index contributed by atoms with van der Waals surface area (Å²) in [5.74, 6) is 0. The van der Waals surface area contributed by atoms with Crippen LogP contribution in [0.3, 0.4) is 0 Å². The summed E-state index contributed by atoms with van der Waals surface area (Å²) in [6, 6.07) is 0.506. The molecule has 1 amide bonds. The maximum Gasteiger partial charge on any atom is 0.209 e. The van der Waals surface area contributed by atoms with Gasteiger partial charge in [-0.1, -0.05) is 0 Å². The van der Waals surface area contributed by atoms with Crippen LogP contribution in [-0.2, 0) is 4.79 Å². The fraction of sp³-hybridized carbons (Fsp3) is 0.900. The summed E-state index contributed by atoms with van der Waals surface area (Å²) < 4.78 is 13.0. The van der Waals surface area contributed by atoms with Crippen molar-refractivity contribution in [2.24, 2.45) is 0 Å². The average Bonchev–Trinajstić information content (AvgIpc) is 2.65. The molecule has 2 aliphatic heterocycles. The summed E-state index contributed by atoms with van der Waals surface area (Å²) >= 11 is 0. The molecule has 0 aromatic rings. The van der Waals surface area contributed by atoms with Gasteiger partial charge in [0.1, 0.15) is 6.17 Å². The van der Waals surface area contributed by atoms with Gasteiger partial charge in [-0.05, 0) is 19.3 Å². The van der Waals surface area contributed by atoms with Crippen LogP contribution in [0.2, 0.25) is 0 Å². The smallest absolute Gasteiger partial charge is 0.209 e. The Balaban J connectivity index is 1.80. The molecule has 14 heavy (non-hydrogen) atoms. The van der Waals surface area contributed by atoms with Gasteiger partial charge in [-0.15, -0.1) is 0 Å². The molecule has 0 radical (unpaired) electrons. The van der Waals surface area contributed by atoms with Crippen molar-refractivity contribution in [3.05, 3.63) is 0 Å². The third-order valence-electron chi connectivity index (χ3n) is 3.33. The van der Waals surface area contributed by atoms with Crippen LogP contribution in [0.1, 0.15) is 19.3 Å². The number of hydrogen-bond donors (Lipinski definition) is 0. The summed E-state index contributed by atoms with van der Waals surface area (Å²) in [5, 5.41) is 0.